The molecule has 0 saturated carbocycles. The number of thiazole rings is 1. The molecule has 2 aromatic heterocycles. The number of rotatable bonds is 5. The topological polar surface area (TPSA) is 58.1 Å². The van der Waals surface area contributed by atoms with Crippen molar-refractivity contribution in [1.29, 1.82) is 0 Å². The largest absolute Gasteiger partial charge is 0.368 e. The number of carbonyl (C=O) groups excluding carboxylic acids is 1. The van der Waals surface area contributed by atoms with Gasteiger partial charge in [0.05, 0.1) is 23.3 Å². The van der Waals surface area contributed by atoms with Crippen LogP contribution in [0.2, 0.25) is 0 Å². The first kappa shape index (κ1) is 15.4. The van der Waals surface area contributed by atoms with E-state index in [4.69, 9.17) is 0 Å². The highest BCUT2D eigenvalue weighted by atomic mass is 32.1. The summed E-state index contributed by atoms with van der Waals surface area (Å²) < 4.78 is 14.2. The van der Waals surface area contributed by atoms with Crippen LogP contribution in [0.15, 0.2) is 17.8 Å². The van der Waals surface area contributed by atoms with Crippen molar-refractivity contribution in [1.82, 2.24) is 14.9 Å². The number of hydrogen-bond acceptors (Lipinski definition) is 5. The maximum atomic E-state index is 14.2. The average molecular weight is 308 g/mol. The minimum absolute atomic E-state index is 0.0191. The molecule has 0 bridgehead atoms. The Bertz CT molecular complexity index is 644. The van der Waals surface area contributed by atoms with Gasteiger partial charge in [-0.1, -0.05) is 0 Å². The number of amides is 1. The maximum absolute atomic E-state index is 14.2. The summed E-state index contributed by atoms with van der Waals surface area (Å²) in [4.78, 5) is 22.9. The molecule has 0 fully saturated rings. The third kappa shape index (κ3) is 3.36. The van der Waals surface area contributed by atoms with Crippen molar-refractivity contribution in [3.8, 4) is 0 Å². The number of anilines is 1. The van der Waals surface area contributed by atoms with Gasteiger partial charge in [-0.3, -0.25) is 4.79 Å². The second-order valence-corrected chi connectivity index (χ2v) is 5.51. The van der Waals surface area contributed by atoms with Gasteiger partial charge in [-0.25, -0.2) is 14.4 Å². The SMILES string of the molecule is CCNc1nccc(C(=O)N(C)Cc2scnc2C)c1F. The van der Waals surface area contributed by atoms with Crippen molar-refractivity contribution in [2.24, 2.45) is 0 Å². The van der Waals surface area contributed by atoms with Crippen LogP contribution < -0.4 is 5.32 Å². The molecule has 2 aromatic rings. The molecule has 0 radical (unpaired) electrons. The molecule has 0 aliphatic rings. The second-order valence-electron chi connectivity index (χ2n) is 4.57. The number of pyridine rings is 1. The quantitative estimate of drug-likeness (QED) is 0.922. The van der Waals surface area contributed by atoms with Gasteiger partial charge in [0.2, 0.25) is 0 Å². The van der Waals surface area contributed by atoms with Gasteiger partial charge in [0.1, 0.15) is 0 Å². The molecule has 0 aromatic carbocycles. The molecule has 112 valence electrons. The molecule has 0 saturated heterocycles. The zero-order valence-corrected chi connectivity index (χ0v) is 13.0. The van der Waals surface area contributed by atoms with Gasteiger partial charge in [0.25, 0.3) is 5.91 Å². The summed E-state index contributed by atoms with van der Waals surface area (Å²) in [6, 6.07) is 1.40. The van der Waals surface area contributed by atoms with Crippen LogP contribution in [0.25, 0.3) is 0 Å². The zero-order chi connectivity index (χ0) is 15.4. The second kappa shape index (κ2) is 6.62. The van der Waals surface area contributed by atoms with Crippen LogP contribution in [-0.4, -0.2) is 34.4 Å². The van der Waals surface area contributed by atoms with Crippen LogP contribution in [0, 0.1) is 12.7 Å². The minimum Gasteiger partial charge on any atom is -0.368 e. The highest BCUT2D eigenvalue weighted by Crippen LogP contribution is 2.19. The molecule has 0 aliphatic carbocycles. The number of aryl methyl sites for hydroxylation is 1. The fourth-order valence-electron chi connectivity index (χ4n) is 1.87. The third-order valence-corrected chi connectivity index (χ3v) is 3.96. The Balaban J connectivity index is 2.19. The molecule has 2 heterocycles. The summed E-state index contributed by atoms with van der Waals surface area (Å²) in [5.74, 6) is -0.884. The Hall–Kier alpha value is -2.02. The van der Waals surface area contributed by atoms with Gasteiger partial charge >= 0.3 is 0 Å². The summed E-state index contributed by atoms with van der Waals surface area (Å²) in [7, 11) is 1.65. The van der Waals surface area contributed by atoms with Gasteiger partial charge in [-0.05, 0) is 19.9 Å². The molecule has 0 unspecified atom stereocenters. The van der Waals surface area contributed by atoms with Gasteiger partial charge in [-0.2, -0.15) is 0 Å². The fraction of sp³-hybridized carbons (Fsp3) is 0.357. The minimum atomic E-state index is -0.614. The molecule has 0 atom stereocenters. The van der Waals surface area contributed by atoms with Crippen LogP contribution in [0.4, 0.5) is 10.2 Å². The number of aromatic nitrogens is 2. The summed E-state index contributed by atoms with van der Waals surface area (Å²) in [6.07, 6.45) is 1.43. The Labute approximate surface area is 126 Å². The van der Waals surface area contributed by atoms with Crippen molar-refractivity contribution < 1.29 is 9.18 Å². The molecular formula is C14H17FN4OS. The van der Waals surface area contributed by atoms with Gasteiger partial charge in [0, 0.05) is 24.7 Å². The number of nitrogens with zero attached hydrogens (tertiary/aromatic N) is 3. The zero-order valence-electron chi connectivity index (χ0n) is 12.2. The highest BCUT2D eigenvalue weighted by molar-refractivity contribution is 7.09. The summed E-state index contributed by atoms with van der Waals surface area (Å²) in [5.41, 5.74) is 2.65. The lowest BCUT2D eigenvalue weighted by Gasteiger charge is -2.17. The van der Waals surface area contributed by atoms with E-state index in [1.165, 1.54) is 28.5 Å². The molecule has 2 rings (SSSR count). The number of nitrogens with one attached hydrogen (secondary N) is 1. The van der Waals surface area contributed by atoms with Crippen LogP contribution in [0.3, 0.4) is 0 Å². The van der Waals surface area contributed by atoms with Crippen molar-refractivity contribution >= 4 is 23.1 Å². The highest BCUT2D eigenvalue weighted by Gasteiger charge is 2.20. The van der Waals surface area contributed by atoms with E-state index >= 15 is 0 Å². The predicted octanol–water partition coefficient (Wildman–Crippen LogP) is 2.69. The molecule has 1 N–H and O–H groups in total. The molecule has 5 nitrogen and oxygen atoms in total. The molecule has 1 amide bonds. The molecule has 0 spiro atoms. The van der Waals surface area contributed by atoms with Crippen LogP contribution >= 0.6 is 11.3 Å². The number of carbonyl (C=O) groups is 1. The summed E-state index contributed by atoms with van der Waals surface area (Å²) in [5, 5.41) is 2.80. The smallest absolute Gasteiger partial charge is 0.257 e. The van der Waals surface area contributed by atoms with Crippen molar-refractivity contribution in [3.05, 3.63) is 39.7 Å². The first-order valence-corrected chi connectivity index (χ1v) is 7.45. The standard InChI is InChI=1S/C14H17FN4OS/c1-4-16-13-12(15)10(5-6-17-13)14(20)19(3)7-11-9(2)18-8-21-11/h5-6,8H,4,7H2,1-3H3,(H,16,17). The van der Waals surface area contributed by atoms with E-state index < -0.39 is 5.82 Å². The Morgan fingerprint density at radius 3 is 2.86 bits per heavy atom. The Kier molecular flexibility index (Phi) is 4.85. The fourth-order valence-corrected chi connectivity index (χ4v) is 2.70. The van der Waals surface area contributed by atoms with E-state index in [9.17, 15) is 9.18 Å². The van der Waals surface area contributed by atoms with E-state index in [2.05, 4.69) is 15.3 Å². The van der Waals surface area contributed by atoms with E-state index in [1.807, 2.05) is 13.8 Å². The molecular weight excluding hydrogens is 291 g/mol. The van der Waals surface area contributed by atoms with Gasteiger partial charge < -0.3 is 10.2 Å². The first-order valence-electron chi connectivity index (χ1n) is 6.57. The van der Waals surface area contributed by atoms with Crippen molar-refractivity contribution in [2.45, 2.75) is 20.4 Å². The Morgan fingerprint density at radius 2 is 2.24 bits per heavy atom. The molecule has 7 heteroatoms. The molecule has 21 heavy (non-hydrogen) atoms. The lowest BCUT2D eigenvalue weighted by Crippen LogP contribution is -2.27. The van der Waals surface area contributed by atoms with E-state index in [0.717, 1.165) is 10.6 Å². The summed E-state index contributed by atoms with van der Waals surface area (Å²) >= 11 is 1.48. The molecule has 0 aliphatic heterocycles. The van der Waals surface area contributed by atoms with E-state index in [0.29, 0.717) is 13.1 Å². The lowest BCUT2D eigenvalue weighted by atomic mass is 10.2. The Morgan fingerprint density at radius 1 is 1.48 bits per heavy atom. The van der Waals surface area contributed by atoms with E-state index in [1.54, 1.807) is 12.6 Å². The van der Waals surface area contributed by atoms with Crippen LogP contribution in [-0.2, 0) is 6.54 Å². The predicted molar refractivity (Wildman–Crippen MR) is 81.0 cm³/mol. The number of halogens is 1. The first-order chi connectivity index (χ1) is 10.0. The van der Waals surface area contributed by atoms with Crippen molar-refractivity contribution in [2.75, 3.05) is 18.9 Å². The average Bonchev–Trinajstić information content (AvgIpc) is 2.86. The van der Waals surface area contributed by atoms with E-state index in [-0.39, 0.29) is 17.3 Å². The van der Waals surface area contributed by atoms with Crippen LogP contribution in [0.5, 0.6) is 0 Å². The monoisotopic (exact) mass is 308 g/mol. The van der Waals surface area contributed by atoms with Crippen LogP contribution in [0.1, 0.15) is 27.9 Å². The normalized spacial score (nSPS) is 10.5. The lowest BCUT2D eigenvalue weighted by molar-refractivity contribution is 0.0781. The number of hydrogen-bond donors (Lipinski definition) is 1. The van der Waals surface area contributed by atoms with Gasteiger partial charge in [0.15, 0.2) is 11.6 Å². The van der Waals surface area contributed by atoms with Gasteiger partial charge in [-0.15, -0.1) is 11.3 Å². The third-order valence-electron chi connectivity index (χ3n) is 3.04. The maximum Gasteiger partial charge on any atom is 0.257 e. The summed E-state index contributed by atoms with van der Waals surface area (Å²) in [6.45, 7) is 4.68. The van der Waals surface area contributed by atoms with Crippen molar-refractivity contribution in [3.63, 3.8) is 0 Å².